The first-order valence-electron chi connectivity index (χ1n) is 7.10. The van der Waals surface area contributed by atoms with Gasteiger partial charge < -0.3 is 9.80 Å². The smallest absolute Gasteiger partial charge is 0.246 e. The highest BCUT2D eigenvalue weighted by molar-refractivity contribution is 5.92. The van der Waals surface area contributed by atoms with Crippen molar-refractivity contribution < 1.29 is 14.0 Å². The van der Waals surface area contributed by atoms with Gasteiger partial charge in [-0.25, -0.2) is 4.39 Å². The van der Waals surface area contributed by atoms with Crippen LogP contribution in [0.15, 0.2) is 30.3 Å². The molecule has 0 radical (unpaired) electrons. The molecule has 0 spiro atoms. The lowest BCUT2D eigenvalue weighted by Crippen LogP contribution is -2.34. The maximum Gasteiger partial charge on any atom is 0.246 e. The van der Waals surface area contributed by atoms with Crippen molar-refractivity contribution in [3.8, 4) is 0 Å². The number of halogens is 1. The molecule has 0 N–H and O–H groups in total. The minimum atomic E-state index is -0.302. The second kappa shape index (κ2) is 7.02. The molecule has 0 saturated carbocycles. The third-order valence-corrected chi connectivity index (χ3v) is 3.57. The van der Waals surface area contributed by atoms with E-state index in [9.17, 15) is 14.0 Å². The highest BCUT2D eigenvalue weighted by Gasteiger charge is 2.21. The van der Waals surface area contributed by atoms with Crippen molar-refractivity contribution in [1.82, 2.24) is 9.80 Å². The first-order valence-corrected chi connectivity index (χ1v) is 7.10. The zero-order valence-electron chi connectivity index (χ0n) is 12.1. The molecule has 1 fully saturated rings. The van der Waals surface area contributed by atoms with Crippen LogP contribution in [0.25, 0.3) is 6.08 Å². The van der Waals surface area contributed by atoms with Crippen LogP contribution < -0.4 is 0 Å². The Kier molecular flexibility index (Phi) is 5.09. The van der Waals surface area contributed by atoms with Gasteiger partial charge in [-0.3, -0.25) is 9.59 Å². The number of benzene rings is 1. The summed E-state index contributed by atoms with van der Waals surface area (Å²) < 4.78 is 12.8. The summed E-state index contributed by atoms with van der Waals surface area (Å²) in [6.45, 7) is 4.18. The largest absolute Gasteiger partial charge is 0.341 e. The van der Waals surface area contributed by atoms with Crippen LogP contribution in [0.3, 0.4) is 0 Å². The van der Waals surface area contributed by atoms with Gasteiger partial charge >= 0.3 is 0 Å². The maximum absolute atomic E-state index is 12.8. The molecular weight excluding hydrogens is 271 g/mol. The molecule has 1 aliphatic rings. The molecule has 0 atom stereocenters. The molecule has 2 rings (SSSR count). The Morgan fingerprint density at radius 3 is 2.62 bits per heavy atom. The number of carbonyl (C=O) groups is 2. The Morgan fingerprint density at radius 2 is 1.95 bits per heavy atom. The van der Waals surface area contributed by atoms with Crippen molar-refractivity contribution in [2.45, 2.75) is 13.3 Å². The summed E-state index contributed by atoms with van der Waals surface area (Å²) in [7, 11) is 0. The van der Waals surface area contributed by atoms with Gasteiger partial charge in [-0.15, -0.1) is 0 Å². The number of hydrogen-bond donors (Lipinski definition) is 0. The van der Waals surface area contributed by atoms with Gasteiger partial charge in [0.1, 0.15) is 5.82 Å². The SMILES string of the molecule is CCN1CCN(C(=O)C=Cc2ccc(F)cc2)CCC1=O. The Morgan fingerprint density at radius 1 is 1.24 bits per heavy atom. The van der Waals surface area contributed by atoms with E-state index >= 15 is 0 Å². The predicted molar refractivity (Wildman–Crippen MR) is 78.9 cm³/mol. The van der Waals surface area contributed by atoms with E-state index in [0.717, 1.165) is 5.56 Å². The van der Waals surface area contributed by atoms with E-state index in [0.29, 0.717) is 32.6 Å². The Labute approximate surface area is 123 Å². The summed E-state index contributed by atoms with van der Waals surface area (Å²) in [6.07, 6.45) is 3.50. The monoisotopic (exact) mass is 290 g/mol. The normalized spacial score (nSPS) is 16.4. The number of amides is 2. The van der Waals surface area contributed by atoms with Crippen molar-refractivity contribution in [1.29, 1.82) is 0 Å². The Hall–Kier alpha value is -2.17. The molecule has 1 aliphatic heterocycles. The van der Waals surface area contributed by atoms with E-state index in [1.165, 1.54) is 18.2 Å². The first kappa shape index (κ1) is 15.2. The van der Waals surface area contributed by atoms with Crippen LogP contribution in [0.2, 0.25) is 0 Å². The lowest BCUT2D eigenvalue weighted by atomic mass is 10.2. The molecule has 2 amide bonds. The van der Waals surface area contributed by atoms with E-state index in [4.69, 9.17) is 0 Å². The van der Waals surface area contributed by atoms with Crippen molar-refractivity contribution >= 4 is 17.9 Å². The second-order valence-corrected chi connectivity index (χ2v) is 4.93. The van der Waals surface area contributed by atoms with Crippen LogP contribution in [0.5, 0.6) is 0 Å². The minimum Gasteiger partial charge on any atom is -0.341 e. The fraction of sp³-hybridized carbons (Fsp3) is 0.375. The average Bonchev–Trinajstić information content (AvgIpc) is 2.68. The summed E-state index contributed by atoms with van der Waals surface area (Å²) in [4.78, 5) is 27.3. The number of hydrogen-bond acceptors (Lipinski definition) is 2. The number of nitrogens with zero attached hydrogens (tertiary/aromatic N) is 2. The van der Waals surface area contributed by atoms with Crippen LogP contribution >= 0.6 is 0 Å². The lowest BCUT2D eigenvalue weighted by molar-refractivity contribution is -0.130. The second-order valence-electron chi connectivity index (χ2n) is 4.93. The van der Waals surface area contributed by atoms with Crippen LogP contribution in [-0.2, 0) is 9.59 Å². The molecule has 1 saturated heterocycles. The van der Waals surface area contributed by atoms with E-state index in [2.05, 4.69) is 0 Å². The summed E-state index contributed by atoms with van der Waals surface area (Å²) in [5, 5.41) is 0. The molecule has 4 nitrogen and oxygen atoms in total. The van der Waals surface area contributed by atoms with E-state index < -0.39 is 0 Å². The minimum absolute atomic E-state index is 0.0929. The molecule has 0 bridgehead atoms. The molecule has 21 heavy (non-hydrogen) atoms. The number of carbonyl (C=O) groups excluding carboxylic acids is 2. The zero-order valence-corrected chi connectivity index (χ0v) is 12.1. The van der Waals surface area contributed by atoms with Crippen LogP contribution in [-0.4, -0.2) is 47.8 Å². The van der Waals surface area contributed by atoms with E-state index in [1.54, 1.807) is 28.0 Å². The third kappa shape index (κ3) is 4.15. The zero-order chi connectivity index (χ0) is 15.2. The van der Waals surface area contributed by atoms with Gasteiger partial charge in [0.25, 0.3) is 0 Å². The van der Waals surface area contributed by atoms with Gasteiger partial charge in [0.2, 0.25) is 11.8 Å². The number of rotatable bonds is 3. The topological polar surface area (TPSA) is 40.6 Å². The standard InChI is InChI=1S/C16H19FN2O2/c1-2-18-11-12-19(10-9-16(18)21)15(20)8-5-13-3-6-14(17)7-4-13/h3-8H,2,9-12H2,1H3. The van der Waals surface area contributed by atoms with Gasteiger partial charge in [0.05, 0.1) is 0 Å². The maximum atomic E-state index is 12.8. The van der Waals surface area contributed by atoms with Gasteiger partial charge in [0, 0.05) is 38.7 Å². The van der Waals surface area contributed by atoms with Crippen molar-refractivity contribution in [2.24, 2.45) is 0 Å². The highest BCUT2D eigenvalue weighted by atomic mass is 19.1. The van der Waals surface area contributed by atoms with Gasteiger partial charge in [-0.2, -0.15) is 0 Å². The fourth-order valence-corrected chi connectivity index (χ4v) is 2.27. The molecule has 0 aliphatic carbocycles. The summed E-state index contributed by atoms with van der Waals surface area (Å²) in [5.74, 6) is -0.329. The van der Waals surface area contributed by atoms with E-state index in [-0.39, 0.29) is 17.6 Å². The fourth-order valence-electron chi connectivity index (χ4n) is 2.27. The molecule has 0 aromatic heterocycles. The molecule has 1 heterocycles. The van der Waals surface area contributed by atoms with Crippen molar-refractivity contribution in [3.05, 3.63) is 41.7 Å². The van der Waals surface area contributed by atoms with Crippen LogP contribution in [0.1, 0.15) is 18.9 Å². The summed E-state index contributed by atoms with van der Waals surface area (Å²) in [5.41, 5.74) is 0.769. The third-order valence-electron chi connectivity index (χ3n) is 3.57. The quantitative estimate of drug-likeness (QED) is 0.798. The van der Waals surface area contributed by atoms with Gasteiger partial charge in [-0.1, -0.05) is 12.1 Å². The molecule has 112 valence electrons. The highest BCUT2D eigenvalue weighted by Crippen LogP contribution is 2.08. The molecule has 1 aromatic carbocycles. The molecular formula is C16H19FN2O2. The number of likely N-dealkylation sites (N-methyl/N-ethyl adjacent to an activating group) is 1. The molecule has 0 unspecified atom stereocenters. The first-order chi connectivity index (χ1) is 10.1. The molecule has 1 aromatic rings. The Bertz CT molecular complexity index is 540. The van der Waals surface area contributed by atoms with Crippen LogP contribution in [0.4, 0.5) is 4.39 Å². The van der Waals surface area contributed by atoms with Gasteiger partial charge in [0.15, 0.2) is 0 Å². The Balaban J connectivity index is 1.96. The van der Waals surface area contributed by atoms with E-state index in [1.807, 2.05) is 6.92 Å². The van der Waals surface area contributed by atoms with Gasteiger partial charge in [-0.05, 0) is 30.7 Å². The van der Waals surface area contributed by atoms with Crippen LogP contribution in [0, 0.1) is 5.82 Å². The average molecular weight is 290 g/mol. The summed E-state index contributed by atoms with van der Waals surface area (Å²) in [6, 6.07) is 5.94. The van der Waals surface area contributed by atoms with Crippen molar-refractivity contribution in [3.63, 3.8) is 0 Å². The predicted octanol–water partition coefficient (Wildman–Crippen LogP) is 1.92. The lowest BCUT2D eigenvalue weighted by Gasteiger charge is -2.19. The van der Waals surface area contributed by atoms with Crippen molar-refractivity contribution in [2.75, 3.05) is 26.2 Å². The summed E-state index contributed by atoms with van der Waals surface area (Å²) >= 11 is 0. The molecule has 5 heteroatoms.